The van der Waals surface area contributed by atoms with Crippen LogP contribution in [0.25, 0.3) is 33.3 Å². The lowest BCUT2D eigenvalue weighted by Gasteiger charge is -2.07. The van der Waals surface area contributed by atoms with Gasteiger partial charge in [0.25, 0.3) is 0 Å². The van der Waals surface area contributed by atoms with Crippen LogP contribution in [0.15, 0.2) is 35.1 Å². The van der Waals surface area contributed by atoms with Gasteiger partial charge in [0.15, 0.2) is 11.5 Å². The summed E-state index contributed by atoms with van der Waals surface area (Å²) >= 11 is 0. The molecule has 0 aliphatic rings. The minimum Gasteiger partial charge on any atom is -0.441 e. The molecule has 2 N–H and O–H groups in total. The molecule has 0 unspecified atom stereocenters. The van der Waals surface area contributed by atoms with Crippen molar-refractivity contribution >= 4 is 28.0 Å². The molecule has 0 aliphatic carbocycles. The molecule has 3 aromatic heterocycles. The minimum atomic E-state index is 0.276. The smallest absolute Gasteiger partial charge is 0.192 e. The Balaban J connectivity index is 2.03. The van der Waals surface area contributed by atoms with Crippen LogP contribution in [0.2, 0.25) is 0 Å². The molecule has 0 amide bonds. The van der Waals surface area contributed by atoms with E-state index in [0.717, 1.165) is 33.3 Å². The van der Waals surface area contributed by atoms with Gasteiger partial charge in [-0.1, -0.05) is 6.07 Å². The van der Waals surface area contributed by atoms with Gasteiger partial charge in [0.2, 0.25) is 0 Å². The van der Waals surface area contributed by atoms with Crippen molar-refractivity contribution in [1.82, 2.24) is 19.5 Å². The van der Waals surface area contributed by atoms with Gasteiger partial charge < -0.3 is 14.7 Å². The molecule has 0 aliphatic heterocycles. The first-order valence-corrected chi connectivity index (χ1v) is 7.53. The van der Waals surface area contributed by atoms with Crippen molar-refractivity contribution in [2.75, 3.05) is 5.73 Å². The van der Waals surface area contributed by atoms with E-state index in [0.29, 0.717) is 11.7 Å². The molecule has 6 nitrogen and oxygen atoms in total. The van der Waals surface area contributed by atoms with Crippen molar-refractivity contribution in [1.29, 1.82) is 0 Å². The summed E-state index contributed by atoms with van der Waals surface area (Å²) in [6, 6.07) is 6.23. The predicted molar refractivity (Wildman–Crippen MR) is 90.1 cm³/mol. The zero-order valence-corrected chi connectivity index (χ0v) is 13.2. The Bertz CT molecular complexity index is 1030. The van der Waals surface area contributed by atoms with E-state index in [9.17, 15) is 0 Å². The van der Waals surface area contributed by atoms with Crippen LogP contribution < -0.4 is 5.73 Å². The number of benzene rings is 1. The van der Waals surface area contributed by atoms with Gasteiger partial charge in [-0.15, -0.1) is 0 Å². The fourth-order valence-electron chi connectivity index (χ4n) is 2.93. The lowest BCUT2D eigenvalue weighted by molar-refractivity contribution is 0.561. The average molecular weight is 307 g/mol. The zero-order valence-electron chi connectivity index (χ0n) is 13.2. The van der Waals surface area contributed by atoms with Crippen LogP contribution in [0.3, 0.4) is 0 Å². The fourth-order valence-corrected chi connectivity index (χ4v) is 2.93. The molecule has 1 aromatic carbocycles. The molecule has 0 saturated heterocycles. The van der Waals surface area contributed by atoms with Gasteiger partial charge in [0.05, 0.1) is 5.39 Å². The first-order valence-electron chi connectivity index (χ1n) is 7.53. The summed E-state index contributed by atoms with van der Waals surface area (Å²) in [5.41, 5.74) is 10.6. The highest BCUT2D eigenvalue weighted by Crippen LogP contribution is 2.35. The molecular formula is C17H17N5O. The topological polar surface area (TPSA) is 82.8 Å². The van der Waals surface area contributed by atoms with E-state index >= 15 is 0 Å². The van der Waals surface area contributed by atoms with Gasteiger partial charge in [-0.05, 0) is 31.5 Å². The Kier molecular flexibility index (Phi) is 2.87. The van der Waals surface area contributed by atoms with Crippen LogP contribution in [0.5, 0.6) is 0 Å². The monoisotopic (exact) mass is 307 g/mol. The average Bonchev–Trinajstić information content (AvgIpc) is 3.06. The van der Waals surface area contributed by atoms with Crippen molar-refractivity contribution in [3.8, 4) is 11.1 Å². The third kappa shape index (κ3) is 2.06. The van der Waals surface area contributed by atoms with Gasteiger partial charge in [0.1, 0.15) is 23.3 Å². The third-order valence-electron chi connectivity index (χ3n) is 4.00. The predicted octanol–water partition coefficient (Wildman–Crippen LogP) is 3.71. The maximum absolute atomic E-state index is 6.13. The van der Waals surface area contributed by atoms with Crippen LogP contribution in [-0.4, -0.2) is 19.5 Å². The number of aromatic nitrogens is 4. The van der Waals surface area contributed by atoms with Crippen molar-refractivity contribution in [3.05, 3.63) is 36.6 Å². The molecular weight excluding hydrogens is 290 g/mol. The number of anilines is 1. The molecule has 0 bridgehead atoms. The molecule has 0 fully saturated rings. The Labute approximate surface area is 133 Å². The van der Waals surface area contributed by atoms with Crippen molar-refractivity contribution in [2.24, 2.45) is 0 Å². The van der Waals surface area contributed by atoms with Gasteiger partial charge in [-0.2, -0.15) is 0 Å². The lowest BCUT2D eigenvalue weighted by Crippen LogP contribution is -2.00. The Morgan fingerprint density at radius 1 is 1.22 bits per heavy atom. The van der Waals surface area contributed by atoms with E-state index in [1.165, 1.54) is 6.33 Å². The number of aryl methyl sites for hydroxylation is 1. The first-order chi connectivity index (χ1) is 11.0. The van der Waals surface area contributed by atoms with Crippen molar-refractivity contribution in [2.45, 2.75) is 26.8 Å². The molecule has 0 spiro atoms. The second-order valence-electron chi connectivity index (χ2n) is 5.92. The lowest BCUT2D eigenvalue weighted by atomic mass is 10.1. The molecule has 4 rings (SSSR count). The van der Waals surface area contributed by atoms with Gasteiger partial charge >= 0.3 is 0 Å². The van der Waals surface area contributed by atoms with Crippen LogP contribution in [0, 0.1) is 6.92 Å². The van der Waals surface area contributed by atoms with Gasteiger partial charge in [-0.3, -0.25) is 0 Å². The van der Waals surface area contributed by atoms with Crippen LogP contribution in [0.1, 0.15) is 25.8 Å². The number of nitrogens with zero attached hydrogens (tertiary/aromatic N) is 4. The maximum atomic E-state index is 6.13. The molecule has 0 saturated carbocycles. The normalized spacial score (nSPS) is 11.8. The largest absolute Gasteiger partial charge is 0.441 e. The molecule has 0 atom stereocenters. The maximum Gasteiger partial charge on any atom is 0.192 e. The summed E-state index contributed by atoms with van der Waals surface area (Å²) in [7, 11) is 0. The number of nitrogen functional groups attached to an aromatic ring is 1. The Hall–Kier alpha value is -2.89. The van der Waals surface area contributed by atoms with E-state index in [2.05, 4.69) is 39.6 Å². The fraction of sp³-hybridized carbons (Fsp3) is 0.235. The highest BCUT2D eigenvalue weighted by Gasteiger charge is 2.17. The van der Waals surface area contributed by atoms with Crippen LogP contribution in [0.4, 0.5) is 5.82 Å². The molecule has 23 heavy (non-hydrogen) atoms. The van der Waals surface area contributed by atoms with Crippen LogP contribution >= 0.6 is 0 Å². The van der Waals surface area contributed by atoms with E-state index in [-0.39, 0.29) is 6.04 Å². The summed E-state index contributed by atoms with van der Waals surface area (Å²) in [6.07, 6.45) is 3.58. The van der Waals surface area contributed by atoms with E-state index in [4.69, 9.17) is 10.2 Å². The zero-order chi connectivity index (χ0) is 16.1. The number of hydrogen-bond acceptors (Lipinski definition) is 5. The van der Waals surface area contributed by atoms with Crippen molar-refractivity contribution < 1.29 is 4.42 Å². The van der Waals surface area contributed by atoms with E-state index in [1.807, 2.05) is 25.1 Å². The Morgan fingerprint density at radius 2 is 2.04 bits per heavy atom. The van der Waals surface area contributed by atoms with Gasteiger partial charge in [0, 0.05) is 24.7 Å². The quantitative estimate of drug-likeness (QED) is 0.610. The van der Waals surface area contributed by atoms with Crippen molar-refractivity contribution in [3.63, 3.8) is 0 Å². The standard InChI is InChI=1S/C17H17N5O/c1-9(2)22-7-12(15-16(18)19-8-20-17(15)22)11-4-5-14-13(6-11)21-10(3)23-14/h4-9H,1-3H3,(H2,18,19,20). The number of nitrogens with two attached hydrogens (primary N) is 1. The van der Waals surface area contributed by atoms with Crippen LogP contribution in [-0.2, 0) is 0 Å². The third-order valence-corrected chi connectivity index (χ3v) is 4.00. The number of oxazole rings is 1. The summed E-state index contributed by atoms with van der Waals surface area (Å²) in [5.74, 6) is 1.14. The molecule has 3 heterocycles. The number of fused-ring (bicyclic) bond motifs is 2. The number of rotatable bonds is 2. The van der Waals surface area contributed by atoms with E-state index < -0.39 is 0 Å². The second kappa shape index (κ2) is 4.81. The summed E-state index contributed by atoms with van der Waals surface area (Å²) in [6.45, 7) is 6.08. The molecule has 0 radical (unpaired) electrons. The molecule has 116 valence electrons. The molecule has 6 heteroatoms. The van der Waals surface area contributed by atoms with Gasteiger partial charge in [-0.25, -0.2) is 15.0 Å². The highest BCUT2D eigenvalue weighted by atomic mass is 16.3. The summed E-state index contributed by atoms with van der Waals surface area (Å²) < 4.78 is 7.66. The summed E-state index contributed by atoms with van der Waals surface area (Å²) in [4.78, 5) is 13.0. The second-order valence-corrected chi connectivity index (χ2v) is 5.92. The highest BCUT2D eigenvalue weighted by molar-refractivity contribution is 6.01. The SMILES string of the molecule is Cc1nc2cc(-c3cn(C(C)C)c4ncnc(N)c34)ccc2o1. The molecule has 4 aromatic rings. The van der Waals surface area contributed by atoms with E-state index in [1.54, 1.807) is 0 Å². The first kappa shape index (κ1) is 13.8. The summed E-state index contributed by atoms with van der Waals surface area (Å²) in [5, 5.41) is 0.876. The Morgan fingerprint density at radius 3 is 2.83 bits per heavy atom. The number of hydrogen-bond donors (Lipinski definition) is 1. The minimum absolute atomic E-state index is 0.276.